The summed E-state index contributed by atoms with van der Waals surface area (Å²) in [5.74, 6) is -0.0139. The number of aromatic nitrogens is 1. The van der Waals surface area contributed by atoms with E-state index in [0.29, 0.717) is 25.1 Å². The molecule has 0 atom stereocenters. The van der Waals surface area contributed by atoms with E-state index in [2.05, 4.69) is 21.7 Å². The van der Waals surface area contributed by atoms with Gasteiger partial charge in [-0.2, -0.15) is 5.26 Å². The van der Waals surface area contributed by atoms with Crippen LogP contribution in [0.3, 0.4) is 0 Å². The van der Waals surface area contributed by atoms with Gasteiger partial charge in [0.1, 0.15) is 0 Å². The molecule has 2 aromatic rings. The van der Waals surface area contributed by atoms with Gasteiger partial charge in [-0.25, -0.2) is 0 Å². The number of carbonyl (C=O) groups is 1. The molecule has 2 N–H and O–H groups in total. The summed E-state index contributed by atoms with van der Waals surface area (Å²) in [6.07, 6.45) is 3.82. The zero-order chi connectivity index (χ0) is 14.9. The van der Waals surface area contributed by atoms with E-state index in [4.69, 9.17) is 5.26 Å². The number of carbonyl (C=O) groups excluding carboxylic acids is 1. The Morgan fingerprint density at radius 3 is 2.71 bits per heavy atom. The van der Waals surface area contributed by atoms with Crippen LogP contribution in [0, 0.1) is 11.3 Å². The van der Waals surface area contributed by atoms with Crippen molar-refractivity contribution in [3.63, 3.8) is 0 Å². The van der Waals surface area contributed by atoms with Crippen molar-refractivity contribution in [1.29, 1.82) is 5.26 Å². The van der Waals surface area contributed by atoms with Crippen LogP contribution in [0.1, 0.15) is 17.5 Å². The SMILES string of the molecule is N#Cc1ccc(NCCC(=O)NCc2cccnc2)cc1. The van der Waals surface area contributed by atoms with Gasteiger partial charge in [-0.05, 0) is 35.9 Å². The first kappa shape index (κ1) is 14.5. The molecule has 5 heteroatoms. The fourth-order valence-corrected chi connectivity index (χ4v) is 1.77. The Balaban J connectivity index is 1.68. The maximum absolute atomic E-state index is 11.7. The standard InChI is InChI=1S/C16H16N4O/c17-10-13-3-5-15(6-4-13)19-9-7-16(21)20-12-14-2-1-8-18-11-14/h1-6,8,11,19H,7,9,12H2,(H,20,21). The molecule has 106 valence electrons. The molecule has 0 radical (unpaired) electrons. The molecule has 0 saturated heterocycles. The normalized spacial score (nSPS) is 9.67. The van der Waals surface area contributed by atoms with E-state index in [0.717, 1.165) is 11.3 Å². The van der Waals surface area contributed by atoms with Crippen LogP contribution in [0.4, 0.5) is 5.69 Å². The van der Waals surface area contributed by atoms with E-state index in [1.165, 1.54) is 0 Å². The van der Waals surface area contributed by atoms with E-state index in [1.807, 2.05) is 24.3 Å². The largest absolute Gasteiger partial charge is 0.385 e. The second-order valence-electron chi connectivity index (χ2n) is 4.50. The van der Waals surface area contributed by atoms with Gasteiger partial charge in [0.25, 0.3) is 0 Å². The summed E-state index contributed by atoms with van der Waals surface area (Å²) in [6.45, 7) is 1.04. The molecule has 1 aromatic heterocycles. The lowest BCUT2D eigenvalue weighted by atomic mass is 10.2. The predicted octanol–water partition coefficient (Wildman–Crippen LogP) is 2.07. The van der Waals surface area contributed by atoms with Crippen LogP contribution in [0.15, 0.2) is 48.8 Å². The molecule has 21 heavy (non-hydrogen) atoms. The molecule has 5 nitrogen and oxygen atoms in total. The van der Waals surface area contributed by atoms with Crippen LogP contribution in [0.2, 0.25) is 0 Å². The van der Waals surface area contributed by atoms with Crippen molar-refractivity contribution < 1.29 is 4.79 Å². The van der Waals surface area contributed by atoms with Gasteiger partial charge >= 0.3 is 0 Å². The highest BCUT2D eigenvalue weighted by Crippen LogP contribution is 2.08. The Morgan fingerprint density at radius 2 is 2.05 bits per heavy atom. The Hall–Kier alpha value is -2.87. The average Bonchev–Trinajstić information content (AvgIpc) is 2.54. The fourth-order valence-electron chi connectivity index (χ4n) is 1.77. The zero-order valence-corrected chi connectivity index (χ0v) is 11.5. The topological polar surface area (TPSA) is 77.8 Å². The number of pyridine rings is 1. The molecule has 1 heterocycles. The predicted molar refractivity (Wildman–Crippen MR) is 80.3 cm³/mol. The van der Waals surface area contributed by atoms with Crippen molar-refractivity contribution in [1.82, 2.24) is 10.3 Å². The van der Waals surface area contributed by atoms with Crippen LogP contribution in [0.25, 0.3) is 0 Å². The Bertz CT molecular complexity index is 617. The first-order chi connectivity index (χ1) is 10.3. The zero-order valence-electron chi connectivity index (χ0n) is 11.5. The van der Waals surface area contributed by atoms with Gasteiger partial charge in [-0.15, -0.1) is 0 Å². The third kappa shape index (κ3) is 4.96. The number of hydrogen-bond acceptors (Lipinski definition) is 4. The third-order valence-corrected chi connectivity index (χ3v) is 2.91. The number of amides is 1. The number of nitriles is 1. The van der Waals surface area contributed by atoms with Crippen molar-refractivity contribution in [3.05, 3.63) is 59.9 Å². The number of rotatable bonds is 6. The minimum atomic E-state index is -0.0139. The first-order valence-electron chi connectivity index (χ1n) is 6.67. The lowest BCUT2D eigenvalue weighted by molar-refractivity contribution is -0.121. The smallest absolute Gasteiger partial charge is 0.222 e. The Kier molecular flexibility index (Phi) is 5.30. The molecule has 0 bridgehead atoms. The molecule has 0 spiro atoms. The van der Waals surface area contributed by atoms with Crippen molar-refractivity contribution in [3.8, 4) is 6.07 Å². The van der Waals surface area contributed by atoms with Gasteiger partial charge < -0.3 is 10.6 Å². The average molecular weight is 280 g/mol. The van der Waals surface area contributed by atoms with E-state index in [1.54, 1.807) is 24.5 Å². The summed E-state index contributed by atoms with van der Waals surface area (Å²) in [5, 5.41) is 14.7. The van der Waals surface area contributed by atoms with Gasteiger partial charge in [0, 0.05) is 37.6 Å². The van der Waals surface area contributed by atoms with E-state index < -0.39 is 0 Å². The highest BCUT2D eigenvalue weighted by molar-refractivity contribution is 5.76. The molecule has 0 saturated carbocycles. The maximum Gasteiger partial charge on any atom is 0.222 e. The molecule has 0 unspecified atom stereocenters. The minimum Gasteiger partial charge on any atom is -0.385 e. The van der Waals surface area contributed by atoms with E-state index >= 15 is 0 Å². The summed E-state index contributed by atoms with van der Waals surface area (Å²) in [6, 6.07) is 13.0. The Morgan fingerprint density at radius 1 is 1.24 bits per heavy atom. The number of nitrogens with zero attached hydrogens (tertiary/aromatic N) is 2. The summed E-state index contributed by atoms with van der Waals surface area (Å²) in [7, 11) is 0. The van der Waals surface area contributed by atoms with E-state index in [9.17, 15) is 4.79 Å². The van der Waals surface area contributed by atoms with Gasteiger partial charge in [0.05, 0.1) is 11.6 Å². The van der Waals surface area contributed by atoms with Crippen LogP contribution < -0.4 is 10.6 Å². The summed E-state index contributed by atoms with van der Waals surface area (Å²) in [4.78, 5) is 15.7. The maximum atomic E-state index is 11.7. The summed E-state index contributed by atoms with van der Waals surface area (Å²) >= 11 is 0. The molecule has 1 aromatic carbocycles. The van der Waals surface area contributed by atoms with Crippen molar-refractivity contribution in [2.75, 3.05) is 11.9 Å². The van der Waals surface area contributed by atoms with E-state index in [-0.39, 0.29) is 5.91 Å². The minimum absolute atomic E-state index is 0.0139. The Labute approximate surface area is 123 Å². The number of benzene rings is 1. The molecular formula is C16H16N4O. The third-order valence-electron chi connectivity index (χ3n) is 2.91. The lowest BCUT2D eigenvalue weighted by Crippen LogP contribution is -2.24. The van der Waals surface area contributed by atoms with Gasteiger partial charge in [-0.3, -0.25) is 9.78 Å². The molecule has 2 rings (SSSR count). The molecule has 0 aliphatic carbocycles. The second kappa shape index (κ2) is 7.65. The van der Waals surface area contributed by atoms with Crippen molar-refractivity contribution in [2.45, 2.75) is 13.0 Å². The fraction of sp³-hybridized carbons (Fsp3) is 0.188. The molecule has 0 aliphatic heterocycles. The van der Waals surface area contributed by atoms with Gasteiger partial charge in [-0.1, -0.05) is 6.07 Å². The quantitative estimate of drug-likeness (QED) is 0.849. The van der Waals surface area contributed by atoms with Crippen LogP contribution in [-0.4, -0.2) is 17.4 Å². The van der Waals surface area contributed by atoms with Crippen LogP contribution in [0.5, 0.6) is 0 Å². The second-order valence-corrected chi connectivity index (χ2v) is 4.50. The van der Waals surface area contributed by atoms with Crippen molar-refractivity contribution >= 4 is 11.6 Å². The van der Waals surface area contributed by atoms with Crippen LogP contribution >= 0.6 is 0 Å². The molecule has 0 fully saturated rings. The summed E-state index contributed by atoms with van der Waals surface area (Å²) in [5.41, 5.74) is 2.50. The highest BCUT2D eigenvalue weighted by Gasteiger charge is 2.01. The summed E-state index contributed by atoms with van der Waals surface area (Å²) < 4.78 is 0. The first-order valence-corrected chi connectivity index (χ1v) is 6.67. The molecule has 1 amide bonds. The number of hydrogen-bond donors (Lipinski definition) is 2. The van der Waals surface area contributed by atoms with Crippen molar-refractivity contribution in [2.24, 2.45) is 0 Å². The number of anilines is 1. The highest BCUT2D eigenvalue weighted by atomic mass is 16.1. The monoisotopic (exact) mass is 280 g/mol. The molecular weight excluding hydrogens is 264 g/mol. The lowest BCUT2D eigenvalue weighted by Gasteiger charge is -2.07. The van der Waals surface area contributed by atoms with Gasteiger partial charge in [0.2, 0.25) is 5.91 Å². The van der Waals surface area contributed by atoms with Crippen LogP contribution in [-0.2, 0) is 11.3 Å². The number of nitrogens with one attached hydrogen (secondary N) is 2. The van der Waals surface area contributed by atoms with Gasteiger partial charge in [0.15, 0.2) is 0 Å². The molecule has 0 aliphatic rings.